The number of halogens is 2. The Morgan fingerprint density at radius 3 is 2.72 bits per heavy atom. The molecule has 4 rings (SSSR count). The fourth-order valence-electron chi connectivity index (χ4n) is 3.52. The van der Waals surface area contributed by atoms with Crippen LogP contribution in [0, 0.1) is 9.49 Å². The molecule has 1 fully saturated rings. The van der Waals surface area contributed by atoms with E-state index in [1.807, 2.05) is 6.07 Å². The number of carbonyl (C=O) groups is 2. The van der Waals surface area contributed by atoms with Gasteiger partial charge in [0.15, 0.2) is 11.9 Å². The molecule has 1 aliphatic rings. The Labute approximate surface area is 179 Å². The lowest BCUT2D eigenvalue weighted by Crippen LogP contribution is -2.33. The predicted octanol–water partition coefficient (Wildman–Crippen LogP) is 3.75. The number of hydrogen-bond acceptors (Lipinski definition) is 5. The predicted molar refractivity (Wildman–Crippen MR) is 113 cm³/mol. The van der Waals surface area contributed by atoms with Gasteiger partial charge < -0.3 is 19.4 Å². The molecule has 29 heavy (non-hydrogen) atoms. The Hall–Kier alpha value is -2.40. The standard InChI is InChI=1S/C20H18FIN4O3/c1-11-14(9-27)29-19(20(11,2)21)26-8-13(22)15-16(23-10-24-17(15)26)25-18(28)12-6-4-3-5-7-12/h3-11,14,19H,1-2H3,(H,23,24,25,28)/t11-,14-,19-,20-/m1/s1. The molecule has 3 heterocycles. The van der Waals surface area contributed by atoms with Crippen molar-refractivity contribution >= 4 is 51.6 Å². The van der Waals surface area contributed by atoms with E-state index < -0.39 is 23.9 Å². The summed E-state index contributed by atoms with van der Waals surface area (Å²) in [6, 6.07) is 8.77. The van der Waals surface area contributed by atoms with E-state index in [1.54, 1.807) is 42.0 Å². The number of aromatic nitrogens is 3. The minimum absolute atomic E-state index is 0.309. The van der Waals surface area contributed by atoms with Crippen LogP contribution < -0.4 is 5.32 Å². The van der Waals surface area contributed by atoms with Crippen LogP contribution in [0.15, 0.2) is 42.9 Å². The number of benzene rings is 1. The first kappa shape index (κ1) is 19.9. The summed E-state index contributed by atoms with van der Waals surface area (Å²) in [7, 11) is 0. The van der Waals surface area contributed by atoms with E-state index in [4.69, 9.17) is 4.74 Å². The van der Waals surface area contributed by atoms with Crippen LogP contribution in [0.2, 0.25) is 0 Å². The van der Waals surface area contributed by atoms with Crippen molar-refractivity contribution in [2.24, 2.45) is 5.92 Å². The van der Waals surface area contributed by atoms with Crippen LogP contribution in [0.4, 0.5) is 10.2 Å². The monoisotopic (exact) mass is 508 g/mol. The molecular weight excluding hydrogens is 490 g/mol. The number of amides is 1. The maximum Gasteiger partial charge on any atom is 0.256 e. The molecule has 1 aliphatic heterocycles. The Bertz CT molecular complexity index is 1090. The van der Waals surface area contributed by atoms with Gasteiger partial charge in [-0.1, -0.05) is 25.1 Å². The van der Waals surface area contributed by atoms with Crippen molar-refractivity contribution in [2.45, 2.75) is 31.8 Å². The summed E-state index contributed by atoms with van der Waals surface area (Å²) in [5.41, 5.74) is -0.869. The van der Waals surface area contributed by atoms with Crippen molar-refractivity contribution in [3.05, 3.63) is 52.0 Å². The molecule has 3 aromatic rings. The molecule has 0 saturated carbocycles. The minimum atomic E-state index is -1.78. The maximum atomic E-state index is 15.4. The zero-order chi connectivity index (χ0) is 20.8. The number of alkyl halides is 1. The summed E-state index contributed by atoms with van der Waals surface area (Å²) < 4.78 is 23.4. The molecule has 2 aromatic heterocycles. The van der Waals surface area contributed by atoms with Crippen LogP contribution in [0.1, 0.15) is 30.4 Å². The summed E-state index contributed by atoms with van der Waals surface area (Å²) in [6.45, 7) is 3.07. The fraction of sp³-hybridized carbons (Fsp3) is 0.300. The maximum absolute atomic E-state index is 15.4. The van der Waals surface area contributed by atoms with Gasteiger partial charge in [0, 0.05) is 21.2 Å². The van der Waals surface area contributed by atoms with Crippen LogP contribution in [-0.2, 0) is 9.53 Å². The number of nitrogens with zero attached hydrogens (tertiary/aromatic N) is 3. The van der Waals surface area contributed by atoms with E-state index >= 15 is 4.39 Å². The van der Waals surface area contributed by atoms with Crippen molar-refractivity contribution in [3.63, 3.8) is 0 Å². The Morgan fingerprint density at radius 2 is 2.07 bits per heavy atom. The van der Waals surface area contributed by atoms with Gasteiger partial charge >= 0.3 is 0 Å². The van der Waals surface area contributed by atoms with Crippen molar-refractivity contribution < 1.29 is 18.7 Å². The lowest BCUT2D eigenvalue weighted by molar-refractivity contribution is -0.121. The van der Waals surface area contributed by atoms with Gasteiger partial charge in [-0.3, -0.25) is 4.79 Å². The number of carbonyl (C=O) groups excluding carboxylic acids is 2. The average Bonchev–Trinajstić information content (AvgIpc) is 3.17. The largest absolute Gasteiger partial charge is 0.343 e. The van der Waals surface area contributed by atoms with Gasteiger partial charge in [-0.15, -0.1) is 0 Å². The average molecular weight is 508 g/mol. The molecule has 0 aliphatic carbocycles. The van der Waals surface area contributed by atoms with E-state index in [2.05, 4.69) is 37.9 Å². The molecule has 7 nitrogen and oxygen atoms in total. The number of aldehydes is 1. The summed E-state index contributed by atoms with van der Waals surface area (Å²) in [4.78, 5) is 32.3. The second-order valence-electron chi connectivity index (χ2n) is 7.15. The minimum Gasteiger partial charge on any atom is -0.343 e. The number of ether oxygens (including phenoxy) is 1. The van der Waals surface area contributed by atoms with Gasteiger partial charge in [-0.25, -0.2) is 14.4 Å². The first-order chi connectivity index (χ1) is 13.8. The highest BCUT2D eigenvalue weighted by Gasteiger charge is 2.53. The molecule has 1 aromatic carbocycles. The fourth-order valence-corrected chi connectivity index (χ4v) is 4.31. The normalized spacial score (nSPS) is 26.6. The molecule has 1 saturated heterocycles. The Kier molecular flexibility index (Phi) is 5.11. The third kappa shape index (κ3) is 3.31. The quantitative estimate of drug-likeness (QED) is 0.429. The number of rotatable bonds is 4. The zero-order valence-electron chi connectivity index (χ0n) is 15.7. The van der Waals surface area contributed by atoms with Gasteiger partial charge in [0.1, 0.15) is 30.2 Å². The third-order valence-electron chi connectivity index (χ3n) is 5.37. The highest BCUT2D eigenvalue weighted by atomic mass is 127. The van der Waals surface area contributed by atoms with E-state index in [9.17, 15) is 9.59 Å². The highest BCUT2D eigenvalue weighted by molar-refractivity contribution is 14.1. The van der Waals surface area contributed by atoms with Gasteiger partial charge in [0.05, 0.1) is 5.39 Å². The van der Waals surface area contributed by atoms with E-state index in [0.29, 0.717) is 28.7 Å². The molecule has 150 valence electrons. The van der Waals surface area contributed by atoms with Crippen LogP contribution in [-0.4, -0.2) is 38.5 Å². The number of nitrogens with one attached hydrogen (secondary N) is 1. The van der Waals surface area contributed by atoms with E-state index in [-0.39, 0.29) is 5.91 Å². The molecule has 0 radical (unpaired) electrons. The summed E-state index contributed by atoms with van der Waals surface area (Å²) in [5, 5.41) is 3.38. The number of hydrogen-bond donors (Lipinski definition) is 1. The van der Waals surface area contributed by atoms with Crippen LogP contribution in [0.5, 0.6) is 0 Å². The van der Waals surface area contributed by atoms with Gasteiger partial charge in [-0.2, -0.15) is 0 Å². The zero-order valence-corrected chi connectivity index (χ0v) is 17.8. The molecule has 0 unspecified atom stereocenters. The van der Waals surface area contributed by atoms with Crippen LogP contribution in [0.25, 0.3) is 11.0 Å². The highest BCUT2D eigenvalue weighted by Crippen LogP contribution is 2.46. The van der Waals surface area contributed by atoms with E-state index in [1.165, 1.54) is 13.3 Å². The molecule has 1 N–H and O–H groups in total. The first-order valence-corrected chi connectivity index (χ1v) is 10.1. The second kappa shape index (κ2) is 7.45. The number of anilines is 1. The van der Waals surface area contributed by atoms with Gasteiger partial charge in [0.2, 0.25) is 0 Å². The summed E-state index contributed by atoms with van der Waals surface area (Å²) in [5.74, 6) is -0.596. The lowest BCUT2D eigenvalue weighted by atomic mass is 9.90. The van der Waals surface area contributed by atoms with Gasteiger partial charge in [0.25, 0.3) is 5.91 Å². The molecular formula is C20H18FIN4O3. The second-order valence-corrected chi connectivity index (χ2v) is 8.32. The van der Waals surface area contributed by atoms with Crippen molar-refractivity contribution in [1.82, 2.24) is 14.5 Å². The molecule has 0 spiro atoms. The molecule has 4 atom stereocenters. The van der Waals surface area contributed by atoms with E-state index in [0.717, 1.165) is 3.57 Å². The molecule has 9 heteroatoms. The van der Waals surface area contributed by atoms with Crippen molar-refractivity contribution in [1.29, 1.82) is 0 Å². The number of fused-ring (bicyclic) bond motifs is 1. The molecule has 1 amide bonds. The van der Waals surface area contributed by atoms with Crippen molar-refractivity contribution in [2.75, 3.05) is 5.32 Å². The Balaban J connectivity index is 1.75. The Morgan fingerprint density at radius 1 is 1.34 bits per heavy atom. The molecule has 0 bridgehead atoms. The third-order valence-corrected chi connectivity index (χ3v) is 6.19. The van der Waals surface area contributed by atoms with Crippen LogP contribution >= 0.6 is 22.6 Å². The summed E-state index contributed by atoms with van der Waals surface area (Å²) >= 11 is 2.08. The lowest BCUT2D eigenvalue weighted by Gasteiger charge is -2.25. The van der Waals surface area contributed by atoms with Gasteiger partial charge in [-0.05, 0) is 41.6 Å². The first-order valence-electron chi connectivity index (χ1n) is 9.01. The smallest absolute Gasteiger partial charge is 0.256 e. The van der Waals surface area contributed by atoms with Crippen molar-refractivity contribution in [3.8, 4) is 0 Å². The van der Waals surface area contributed by atoms with Crippen LogP contribution in [0.3, 0.4) is 0 Å². The summed E-state index contributed by atoms with van der Waals surface area (Å²) in [6.07, 6.45) is 1.76. The SMILES string of the molecule is C[C@@H]1[C@@H](C=O)O[C@@H](n2cc(I)c3c(NC(=O)c4ccccc4)ncnc32)[C@]1(C)F. The topological polar surface area (TPSA) is 86.1 Å².